The number of nitro groups is 1. The molecule has 1 N–H and O–H groups in total. The number of nitro benzene ring substituents is 1. The van der Waals surface area contributed by atoms with Gasteiger partial charge in [-0.15, -0.1) is 0 Å². The second kappa shape index (κ2) is 8.89. The third-order valence-corrected chi connectivity index (χ3v) is 6.38. The lowest BCUT2D eigenvalue weighted by molar-refractivity contribution is -0.386. The smallest absolute Gasteiger partial charge is 0.312 e. The number of ether oxygens (including phenoxy) is 1. The predicted octanol–water partition coefficient (Wildman–Crippen LogP) is 2.27. The molecule has 10 nitrogen and oxygen atoms in total. The van der Waals surface area contributed by atoms with Gasteiger partial charge >= 0.3 is 5.69 Å². The Kier molecular flexibility index (Phi) is 6.29. The standard InChI is InChI=1S/C19H18N4O6S/c20-12-14-3-5-15(6-4-14)21-19(24)13-29-18-8-7-16(11-17(18)23(25)26)30(27,28)22-9-1-2-10-22/h3-8,11H,1-2,9-10,13H2,(H,21,24). The first-order valence-electron chi connectivity index (χ1n) is 9.02. The fourth-order valence-corrected chi connectivity index (χ4v) is 4.51. The van der Waals surface area contributed by atoms with Crippen molar-refractivity contribution in [3.05, 3.63) is 58.1 Å². The van der Waals surface area contributed by atoms with Gasteiger partial charge in [0.1, 0.15) is 0 Å². The van der Waals surface area contributed by atoms with Crippen LogP contribution in [0.15, 0.2) is 47.4 Å². The number of anilines is 1. The summed E-state index contributed by atoms with van der Waals surface area (Å²) in [6.07, 6.45) is 1.49. The molecule has 1 amide bonds. The lowest BCUT2D eigenvalue weighted by atomic mass is 10.2. The van der Waals surface area contributed by atoms with Gasteiger partial charge in [0.15, 0.2) is 12.4 Å². The van der Waals surface area contributed by atoms with Crippen molar-refractivity contribution in [3.63, 3.8) is 0 Å². The lowest BCUT2D eigenvalue weighted by Gasteiger charge is -2.16. The summed E-state index contributed by atoms with van der Waals surface area (Å²) in [7, 11) is -3.82. The third kappa shape index (κ3) is 4.73. The fourth-order valence-electron chi connectivity index (χ4n) is 2.97. The summed E-state index contributed by atoms with van der Waals surface area (Å²) in [4.78, 5) is 22.5. The van der Waals surface area contributed by atoms with E-state index in [0.717, 1.165) is 18.9 Å². The molecule has 2 aromatic carbocycles. The highest BCUT2D eigenvalue weighted by Crippen LogP contribution is 2.31. The minimum atomic E-state index is -3.82. The van der Waals surface area contributed by atoms with Crippen LogP contribution in [0.1, 0.15) is 18.4 Å². The SMILES string of the molecule is N#Cc1ccc(NC(=O)COc2ccc(S(=O)(=O)N3CCCC3)cc2[N+](=O)[O-])cc1. The van der Waals surface area contributed by atoms with Gasteiger partial charge in [0, 0.05) is 24.8 Å². The summed E-state index contributed by atoms with van der Waals surface area (Å²) in [5, 5.41) is 22.7. The normalized spacial score (nSPS) is 14.1. The maximum absolute atomic E-state index is 12.6. The van der Waals surface area contributed by atoms with Gasteiger partial charge in [-0.2, -0.15) is 9.57 Å². The second-order valence-electron chi connectivity index (χ2n) is 6.52. The van der Waals surface area contributed by atoms with Crippen LogP contribution in [0.3, 0.4) is 0 Å². The molecule has 156 valence electrons. The average molecular weight is 430 g/mol. The molecule has 0 spiro atoms. The van der Waals surface area contributed by atoms with Gasteiger partial charge < -0.3 is 10.1 Å². The minimum absolute atomic E-state index is 0.189. The number of carbonyl (C=O) groups excluding carboxylic acids is 1. The molecule has 0 aromatic heterocycles. The highest BCUT2D eigenvalue weighted by molar-refractivity contribution is 7.89. The van der Waals surface area contributed by atoms with Crippen LogP contribution in [0.2, 0.25) is 0 Å². The number of rotatable bonds is 7. The molecule has 0 saturated carbocycles. The van der Waals surface area contributed by atoms with E-state index in [0.29, 0.717) is 24.3 Å². The van der Waals surface area contributed by atoms with E-state index in [9.17, 15) is 23.3 Å². The summed E-state index contributed by atoms with van der Waals surface area (Å²) in [6.45, 7) is 0.243. The Morgan fingerprint density at radius 2 is 1.87 bits per heavy atom. The Morgan fingerprint density at radius 1 is 1.20 bits per heavy atom. The molecule has 1 aliphatic heterocycles. The number of benzene rings is 2. The molecule has 1 saturated heterocycles. The topological polar surface area (TPSA) is 143 Å². The molecule has 30 heavy (non-hydrogen) atoms. The highest BCUT2D eigenvalue weighted by atomic mass is 32.2. The van der Waals surface area contributed by atoms with Crippen LogP contribution in [0, 0.1) is 21.4 Å². The van der Waals surface area contributed by atoms with Crippen LogP contribution in [0.4, 0.5) is 11.4 Å². The van der Waals surface area contributed by atoms with Crippen LogP contribution >= 0.6 is 0 Å². The largest absolute Gasteiger partial charge is 0.477 e. The zero-order chi connectivity index (χ0) is 21.7. The van der Waals surface area contributed by atoms with Crippen molar-refractivity contribution in [3.8, 4) is 11.8 Å². The van der Waals surface area contributed by atoms with Crippen molar-refractivity contribution in [2.45, 2.75) is 17.7 Å². The number of amides is 1. The molecule has 1 aliphatic rings. The summed E-state index contributed by atoms with van der Waals surface area (Å²) in [6, 6.07) is 11.4. The first-order chi connectivity index (χ1) is 14.3. The van der Waals surface area contributed by atoms with Crippen molar-refractivity contribution < 1.29 is 22.9 Å². The first-order valence-corrected chi connectivity index (χ1v) is 10.5. The van der Waals surface area contributed by atoms with Crippen molar-refractivity contribution in [1.82, 2.24) is 4.31 Å². The van der Waals surface area contributed by atoms with E-state index in [4.69, 9.17) is 10.00 Å². The van der Waals surface area contributed by atoms with Crippen LogP contribution in [-0.4, -0.2) is 43.2 Å². The number of carbonyl (C=O) groups is 1. The number of nitriles is 1. The van der Waals surface area contributed by atoms with Crippen molar-refractivity contribution >= 4 is 27.3 Å². The van der Waals surface area contributed by atoms with Gasteiger partial charge in [-0.1, -0.05) is 0 Å². The molecule has 11 heteroatoms. The third-order valence-electron chi connectivity index (χ3n) is 4.49. The second-order valence-corrected chi connectivity index (χ2v) is 8.46. The van der Waals surface area contributed by atoms with Crippen LogP contribution in [0.5, 0.6) is 5.75 Å². The number of nitrogens with zero attached hydrogens (tertiary/aromatic N) is 3. The number of hydrogen-bond acceptors (Lipinski definition) is 7. The van der Waals surface area contributed by atoms with Gasteiger partial charge in [-0.25, -0.2) is 8.42 Å². The Labute approximate surface area is 172 Å². The molecular weight excluding hydrogens is 412 g/mol. The van der Waals surface area contributed by atoms with E-state index < -0.39 is 33.1 Å². The zero-order valence-electron chi connectivity index (χ0n) is 15.8. The molecule has 0 unspecified atom stereocenters. The summed E-state index contributed by atoms with van der Waals surface area (Å²) >= 11 is 0. The van der Waals surface area contributed by atoms with Gasteiger partial charge in [0.05, 0.1) is 21.5 Å². The van der Waals surface area contributed by atoms with E-state index in [1.54, 1.807) is 0 Å². The fraction of sp³-hybridized carbons (Fsp3) is 0.263. The van der Waals surface area contributed by atoms with E-state index >= 15 is 0 Å². The first kappa shape index (κ1) is 21.2. The van der Waals surface area contributed by atoms with E-state index in [2.05, 4.69) is 5.32 Å². The van der Waals surface area contributed by atoms with Gasteiger partial charge in [0.25, 0.3) is 5.91 Å². The molecule has 0 bridgehead atoms. The summed E-state index contributed by atoms with van der Waals surface area (Å²) in [5.41, 5.74) is 0.328. The maximum Gasteiger partial charge on any atom is 0.312 e. The maximum atomic E-state index is 12.6. The number of nitrogens with one attached hydrogen (secondary N) is 1. The van der Waals surface area contributed by atoms with E-state index in [1.807, 2.05) is 6.07 Å². The molecule has 3 rings (SSSR count). The number of hydrogen-bond donors (Lipinski definition) is 1. The Morgan fingerprint density at radius 3 is 2.47 bits per heavy atom. The van der Waals surface area contributed by atoms with Crippen molar-refractivity contribution in [1.29, 1.82) is 5.26 Å². The molecular formula is C19H18N4O6S. The zero-order valence-corrected chi connectivity index (χ0v) is 16.6. The Bertz CT molecular complexity index is 1100. The van der Waals surface area contributed by atoms with Gasteiger partial charge in [-0.3, -0.25) is 14.9 Å². The average Bonchev–Trinajstić information content (AvgIpc) is 3.28. The van der Waals surface area contributed by atoms with Gasteiger partial charge in [0.2, 0.25) is 10.0 Å². The van der Waals surface area contributed by atoms with Gasteiger partial charge in [-0.05, 0) is 49.2 Å². The molecule has 1 fully saturated rings. The van der Waals surface area contributed by atoms with Crippen LogP contribution < -0.4 is 10.1 Å². The molecule has 0 aliphatic carbocycles. The Balaban J connectivity index is 1.71. The number of sulfonamides is 1. The van der Waals surface area contributed by atoms with E-state index in [-0.39, 0.29) is 10.6 Å². The van der Waals surface area contributed by atoms with Crippen molar-refractivity contribution in [2.24, 2.45) is 0 Å². The summed E-state index contributed by atoms with van der Waals surface area (Å²) in [5.74, 6) is -0.780. The lowest BCUT2D eigenvalue weighted by Crippen LogP contribution is -2.28. The molecule has 0 atom stereocenters. The van der Waals surface area contributed by atoms with Crippen molar-refractivity contribution in [2.75, 3.05) is 25.0 Å². The molecule has 2 aromatic rings. The quantitative estimate of drug-likeness (QED) is 0.524. The van der Waals surface area contributed by atoms with E-state index in [1.165, 1.54) is 40.7 Å². The highest BCUT2D eigenvalue weighted by Gasteiger charge is 2.30. The molecule has 0 radical (unpaired) electrons. The van der Waals surface area contributed by atoms with Crippen LogP contribution in [0.25, 0.3) is 0 Å². The predicted molar refractivity (Wildman–Crippen MR) is 106 cm³/mol. The summed E-state index contributed by atoms with van der Waals surface area (Å²) < 4.78 is 31.8. The molecule has 1 heterocycles. The Hall–Kier alpha value is -3.49. The minimum Gasteiger partial charge on any atom is -0.477 e. The van der Waals surface area contributed by atoms with Crippen LogP contribution in [-0.2, 0) is 14.8 Å². The monoisotopic (exact) mass is 430 g/mol.